The van der Waals surface area contributed by atoms with Crippen LogP contribution in [0.5, 0.6) is 17.2 Å². The lowest BCUT2D eigenvalue weighted by atomic mass is 10.2. The lowest BCUT2D eigenvalue weighted by Gasteiger charge is -2.16. The first kappa shape index (κ1) is 17.4. The first-order valence-electron chi connectivity index (χ1n) is 6.04. The molecule has 0 aliphatic heterocycles. The van der Waals surface area contributed by atoms with Crippen LogP contribution in [0.15, 0.2) is 12.1 Å². The van der Waals surface area contributed by atoms with E-state index in [0.717, 1.165) is 0 Å². The van der Waals surface area contributed by atoms with Gasteiger partial charge in [0.1, 0.15) is 13.2 Å². The van der Waals surface area contributed by atoms with Crippen molar-refractivity contribution < 1.29 is 37.2 Å². The summed E-state index contributed by atoms with van der Waals surface area (Å²) in [5.41, 5.74) is 0.560. The Kier molecular flexibility index (Phi) is 6.57. The summed E-state index contributed by atoms with van der Waals surface area (Å²) in [6, 6.07) is 3.10. The molecule has 1 N–H and O–H groups in total. The SMILES string of the molecule is COc1cc(CO)cc(OC)c1OCCOCC(F)(F)F. The molecule has 1 aromatic rings. The molecule has 1 rings (SSSR count). The summed E-state index contributed by atoms with van der Waals surface area (Å²) in [5, 5.41) is 9.11. The quantitative estimate of drug-likeness (QED) is 0.746. The van der Waals surface area contributed by atoms with Crippen molar-refractivity contribution in [2.75, 3.05) is 34.0 Å². The number of aliphatic hydroxyl groups is 1. The fourth-order valence-electron chi connectivity index (χ4n) is 1.56. The molecule has 0 aliphatic carbocycles. The van der Waals surface area contributed by atoms with Crippen molar-refractivity contribution in [3.05, 3.63) is 17.7 Å². The molecular formula is C13H17F3O5. The van der Waals surface area contributed by atoms with Crippen LogP contribution in [-0.4, -0.2) is 45.3 Å². The maximum absolute atomic E-state index is 11.9. The van der Waals surface area contributed by atoms with Crippen molar-refractivity contribution in [3.8, 4) is 17.2 Å². The second-order valence-corrected chi connectivity index (χ2v) is 4.00. The molecule has 0 heterocycles. The Morgan fingerprint density at radius 2 is 1.62 bits per heavy atom. The zero-order chi connectivity index (χ0) is 15.9. The van der Waals surface area contributed by atoms with Crippen LogP contribution in [-0.2, 0) is 11.3 Å². The summed E-state index contributed by atoms with van der Waals surface area (Å²) in [5.74, 6) is 0.872. The summed E-state index contributed by atoms with van der Waals surface area (Å²) in [7, 11) is 2.81. The van der Waals surface area contributed by atoms with Crippen molar-refractivity contribution in [1.29, 1.82) is 0 Å². The van der Waals surface area contributed by atoms with Gasteiger partial charge >= 0.3 is 6.18 Å². The van der Waals surface area contributed by atoms with Crippen LogP contribution in [0.25, 0.3) is 0 Å². The number of methoxy groups -OCH3 is 2. The van der Waals surface area contributed by atoms with Crippen molar-refractivity contribution in [1.82, 2.24) is 0 Å². The van der Waals surface area contributed by atoms with Crippen LogP contribution in [0.3, 0.4) is 0 Å². The Balaban J connectivity index is 2.65. The summed E-state index contributed by atoms with van der Waals surface area (Å²) in [4.78, 5) is 0. The highest BCUT2D eigenvalue weighted by Crippen LogP contribution is 2.38. The molecule has 0 saturated heterocycles. The van der Waals surface area contributed by atoms with Crippen LogP contribution in [0.1, 0.15) is 5.56 Å². The highest BCUT2D eigenvalue weighted by molar-refractivity contribution is 5.53. The number of rotatable bonds is 8. The van der Waals surface area contributed by atoms with E-state index in [1.165, 1.54) is 14.2 Å². The van der Waals surface area contributed by atoms with E-state index in [1.54, 1.807) is 12.1 Å². The van der Waals surface area contributed by atoms with Crippen molar-refractivity contribution in [2.45, 2.75) is 12.8 Å². The molecule has 0 aliphatic rings. The van der Waals surface area contributed by atoms with Gasteiger partial charge in [-0.3, -0.25) is 0 Å². The molecular weight excluding hydrogens is 293 g/mol. The van der Waals surface area contributed by atoms with Crippen molar-refractivity contribution in [2.24, 2.45) is 0 Å². The topological polar surface area (TPSA) is 57.2 Å². The third-order valence-electron chi connectivity index (χ3n) is 2.44. The predicted molar refractivity (Wildman–Crippen MR) is 67.8 cm³/mol. The Labute approximate surface area is 120 Å². The summed E-state index contributed by atoms with van der Waals surface area (Å²) in [6.07, 6.45) is -4.36. The normalized spacial score (nSPS) is 11.3. The second-order valence-electron chi connectivity index (χ2n) is 4.00. The third kappa shape index (κ3) is 5.68. The van der Waals surface area contributed by atoms with Gasteiger partial charge in [0.2, 0.25) is 5.75 Å². The first-order chi connectivity index (χ1) is 9.91. The lowest BCUT2D eigenvalue weighted by molar-refractivity contribution is -0.175. The molecule has 0 saturated carbocycles. The first-order valence-corrected chi connectivity index (χ1v) is 6.04. The number of hydrogen-bond donors (Lipinski definition) is 1. The van der Waals surface area contributed by atoms with Gasteiger partial charge in [0.15, 0.2) is 11.5 Å². The molecule has 0 amide bonds. The van der Waals surface area contributed by atoms with E-state index >= 15 is 0 Å². The van der Waals surface area contributed by atoms with Crippen LogP contribution in [0.2, 0.25) is 0 Å². The predicted octanol–water partition coefficient (Wildman–Crippen LogP) is 2.15. The lowest BCUT2D eigenvalue weighted by Crippen LogP contribution is -2.19. The largest absolute Gasteiger partial charge is 0.493 e. The molecule has 120 valence electrons. The average Bonchev–Trinajstić information content (AvgIpc) is 2.45. The van der Waals surface area contributed by atoms with Crippen molar-refractivity contribution in [3.63, 3.8) is 0 Å². The molecule has 0 unspecified atom stereocenters. The summed E-state index contributed by atoms with van der Waals surface area (Å²) in [6.45, 7) is -1.86. The molecule has 5 nitrogen and oxygen atoms in total. The highest BCUT2D eigenvalue weighted by Gasteiger charge is 2.27. The number of halogens is 3. The number of aliphatic hydroxyl groups excluding tert-OH is 1. The van der Waals surface area contributed by atoms with Gasteiger partial charge in [0, 0.05) is 0 Å². The van der Waals surface area contributed by atoms with Gasteiger partial charge in [-0.2, -0.15) is 13.2 Å². The van der Waals surface area contributed by atoms with E-state index < -0.39 is 12.8 Å². The molecule has 0 bridgehead atoms. The molecule has 8 heteroatoms. The third-order valence-corrected chi connectivity index (χ3v) is 2.44. The van der Waals surface area contributed by atoms with Gasteiger partial charge in [-0.1, -0.05) is 0 Å². The number of ether oxygens (including phenoxy) is 4. The van der Waals surface area contributed by atoms with Crippen LogP contribution >= 0.6 is 0 Å². The average molecular weight is 310 g/mol. The van der Waals surface area contributed by atoms with E-state index in [1.807, 2.05) is 0 Å². The highest BCUT2D eigenvalue weighted by atomic mass is 19.4. The monoisotopic (exact) mass is 310 g/mol. The standard InChI is InChI=1S/C13H17F3O5/c1-18-10-5-9(7-17)6-11(19-2)12(10)21-4-3-20-8-13(14,15)16/h5-6,17H,3-4,7-8H2,1-2H3. The van der Waals surface area contributed by atoms with E-state index in [0.29, 0.717) is 17.1 Å². The van der Waals surface area contributed by atoms with E-state index in [2.05, 4.69) is 4.74 Å². The number of hydrogen-bond acceptors (Lipinski definition) is 5. The number of alkyl halides is 3. The van der Waals surface area contributed by atoms with Gasteiger partial charge in [-0.15, -0.1) is 0 Å². The fraction of sp³-hybridized carbons (Fsp3) is 0.538. The van der Waals surface area contributed by atoms with E-state index in [9.17, 15) is 13.2 Å². The maximum atomic E-state index is 11.9. The molecule has 1 aromatic carbocycles. The van der Waals surface area contributed by atoms with Crippen molar-refractivity contribution >= 4 is 0 Å². The maximum Gasteiger partial charge on any atom is 0.411 e. The zero-order valence-electron chi connectivity index (χ0n) is 11.7. The fourth-order valence-corrected chi connectivity index (χ4v) is 1.56. The molecule has 0 fully saturated rings. The zero-order valence-corrected chi connectivity index (χ0v) is 11.7. The Hall–Kier alpha value is -1.67. The van der Waals surface area contributed by atoms with Crippen LogP contribution in [0.4, 0.5) is 13.2 Å². The minimum atomic E-state index is -4.36. The summed E-state index contributed by atoms with van der Waals surface area (Å²) >= 11 is 0. The molecule has 0 atom stereocenters. The molecule has 0 spiro atoms. The Morgan fingerprint density at radius 3 is 2.05 bits per heavy atom. The number of benzene rings is 1. The minimum absolute atomic E-state index is 0.0960. The van der Waals surface area contributed by atoms with E-state index in [-0.39, 0.29) is 25.6 Å². The molecule has 0 radical (unpaired) electrons. The van der Waals surface area contributed by atoms with Gasteiger partial charge in [-0.05, 0) is 17.7 Å². The van der Waals surface area contributed by atoms with E-state index in [4.69, 9.17) is 19.3 Å². The van der Waals surface area contributed by atoms with Crippen LogP contribution < -0.4 is 14.2 Å². The summed E-state index contributed by atoms with van der Waals surface area (Å²) < 4.78 is 55.7. The van der Waals surface area contributed by atoms with Crippen LogP contribution in [0, 0.1) is 0 Å². The van der Waals surface area contributed by atoms with Gasteiger partial charge in [0.05, 0.1) is 27.4 Å². The van der Waals surface area contributed by atoms with Gasteiger partial charge in [-0.25, -0.2) is 0 Å². The molecule has 21 heavy (non-hydrogen) atoms. The van der Waals surface area contributed by atoms with Gasteiger partial charge < -0.3 is 24.1 Å². The minimum Gasteiger partial charge on any atom is -0.493 e. The molecule has 0 aromatic heterocycles. The Bertz CT molecular complexity index is 423. The van der Waals surface area contributed by atoms with Gasteiger partial charge in [0.25, 0.3) is 0 Å². The Morgan fingerprint density at radius 1 is 1.05 bits per heavy atom. The smallest absolute Gasteiger partial charge is 0.411 e. The second kappa shape index (κ2) is 7.94.